The Labute approximate surface area is 200 Å². The van der Waals surface area contributed by atoms with Crippen LogP contribution < -0.4 is 15.4 Å². The van der Waals surface area contributed by atoms with Crippen molar-refractivity contribution in [1.29, 1.82) is 0 Å². The van der Waals surface area contributed by atoms with E-state index in [9.17, 15) is 14.4 Å². The zero-order chi connectivity index (χ0) is 24.1. The maximum Gasteiger partial charge on any atom is 0.396 e. The average molecular weight is 487 g/mol. The number of nitrogens with one attached hydrogen (secondary N) is 2. The molecule has 0 saturated carbocycles. The van der Waals surface area contributed by atoms with Gasteiger partial charge in [0.1, 0.15) is 5.75 Å². The number of carbonyl (C=O) groups excluding carboxylic acids is 3. The van der Waals surface area contributed by atoms with Crippen molar-refractivity contribution in [3.8, 4) is 11.5 Å². The van der Waals surface area contributed by atoms with Crippen LogP contribution in [0, 0.1) is 13.8 Å². The molecule has 7 nitrogen and oxygen atoms in total. The van der Waals surface area contributed by atoms with Crippen LogP contribution in [0.25, 0.3) is 0 Å². The first-order valence-corrected chi connectivity index (χ1v) is 10.5. The summed E-state index contributed by atoms with van der Waals surface area (Å²) in [5.74, 6) is -1.61. The molecule has 0 heterocycles. The molecule has 9 heteroatoms. The fourth-order valence-electron chi connectivity index (χ4n) is 3.07. The molecule has 0 aliphatic carbocycles. The van der Waals surface area contributed by atoms with Crippen LogP contribution in [0.5, 0.6) is 11.5 Å². The summed E-state index contributed by atoms with van der Waals surface area (Å²) in [6.45, 7) is 3.60. The van der Waals surface area contributed by atoms with Gasteiger partial charge in [-0.2, -0.15) is 0 Å². The van der Waals surface area contributed by atoms with Gasteiger partial charge in [0.15, 0.2) is 5.75 Å². The smallest absolute Gasteiger partial charge is 0.396 e. The lowest BCUT2D eigenvalue weighted by atomic mass is 10.0. The molecule has 0 aromatic heterocycles. The van der Waals surface area contributed by atoms with Crippen molar-refractivity contribution in [3.05, 3.63) is 81.3 Å². The Morgan fingerprint density at radius 1 is 0.788 bits per heavy atom. The molecule has 0 spiro atoms. The number of hydrogen-bond acceptors (Lipinski definition) is 5. The highest BCUT2D eigenvalue weighted by Gasteiger charge is 2.19. The summed E-state index contributed by atoms with van der Waals surface area (Å²) in [6.07, 6.45) is 0. The van der Waals surface area contributed by atoms with Crippen molar-refractivity contribution in [1.82, 2.24) is 0 Å². The summed E-state index contributed by atoms with van der Waals surface area (Å²) >= 11 is 12.6. The van der Waals surface area contributed by atoms with Gasteiger partial charge in [-0.1, -0.05) is 41.4 Å². The molecule has 2 N–H and O–H groups in total. The summed E-state index contributed by atoms with van der Waals surface area (Å²) in [4.78, 5) is 35.6. The van der Waals surface area contributed by atoms with Gasteiger partial charge < -0.3 is 20.1 Å². The van der Waals surface area contributed by atoms with E-state index in [2.05, 4.69) is 15.4 Å². The normalized spacial score (nSPS) is 10.3. The number of methoxy groups -OCH3 is 1. The number of ether oxygens (including phenoxy) is 2. The average Bonchev–Trinajstić information content (AvgIpc) is 2.77. The number of esters is 1. The van der Waals surface area contributed by atoms with E-state index in [1.165, 1.54) is 12.1 Å². The lowest BCUT2D eigenvalue weighted by Crippen LogP contribution is -2.23. The first kappa shape index (κ1) is 24.1. The largest absolute Gasteiger partial charge is 0.462 e. The van der Waals surface area contributed by atoms with Gasteiger partial charge >= 0.3 is 11.9 Å². The molecule has 0 aliphatic rings. The minimum atomic E-state index is -1.05. The van der Waals surface area contributed by atoms with Gasteiger partial charge in [0.05, 0.1) is 17.2 Å². The molecule has 3 aromatic rings. The van der Waals surface area contributed by atoms with Crippen molar-refractivity contribution < 1.29 is 23.9 Å². The predicted molar refractivity (Wildman–Crippen MR) is 127 cm³/mol. The zero-order valence-corrected chi connectivity index (χ0v) is 19.5. The highest BCUT2D eigenvalue weighted by atomic mass is 35.5. The molecular formula is C24H20Cl2N2O5. The molecule has 3 rings (SSSR count). The fraction of sp³-hybridized carbons (Fsp3) is 0.125. The number of carbonyl (C=O) groups is 3. The van der Waals surface area contributed by atoms with Crippen molar-refractivity contribution in [2.75, 3.05) is 17.7 Å². The van der Waals surface area contributed by atoms with Crippen molar-refractivity contribution in [2.45, 2.75) is 13.8 Å². The Balaban J connectivity index is 1.82. The van der Waals surface area contributed by atoms with E-state index < -0.39 is 11.9 Å². The maximum atomic E-state index is 12.6. The third-order valence-corrected chi connectivity index (χ3v) is 5.15. The molecule has 170 valence electrons. The summed E-state index contributed by atoms with van der Waals surface area (Å²) in [5.41, 5.74) is 2.76. The molecule has 0 atom stereocenters. The van der Waals surface area contributed by atoms with Gasteiger partial charge in [-0.15, -0.1) is 0 Å². The summed E-state index contributed by atoms with van der Waals surface area (Å²) in [7, 11) is 1.10. The quantitative estimate of drug-likeness (QED) is 0.352. The second-order valence-electron chi connectivity index (χ2n) is 7.08. The lowest BCUT2D eigenvalue weighted by Gasteiger charge is -2.16. The van der Waals surface area contributed by atoms with E-state index in [1.807, 2.05) is 18.2 Å². The number of hydrogen-bond donors (Lipinski definition) is 2. The summed E-state index contributed by atoms with van der Waals surface area (Å²) in [5, 5.41) is 5.43. The van der Waals surface area contributed by atoms with E-state index >= 15 is 0 Å². The number of benzene rings is 3. The Morgan fingerprint density at radius 3 is 1.91 bits per heavy atom. The Kier molecular flexibility index (Phi) is 7.58. The number of amides is 2. The highest BCUT2D eigenvalue weighted by molar-refractivity contribution is 6.39. The van der Waals surface area contributed by atoms with Crippen LogP contribution in [0.3, 0.4) is 0 Å². The van der Waals surface area contributed by atoms with Crippen molar-refractivity contribution in [2.24, 2.45) is 0 Å². The molecule has 0 radical (unpaired) electrons. The third kappa shape index (κ3) is 5.83. The SMILES string of the molecule is COC(=O)C(=O)Nc1cc(Cl)c(Oc2c(C)cc(C(=O)Nc3ccccc3)cc2C)c(Cl)c1. The molecule has 2 amide bonds. The van der Waals surface area contributed by atoms with Crippen LogP contribution in [0.15, 0.2) is 54.6 Å². The molecule has 33 heavy (non-hydrogen) atoms. The summed E-state index contributed by atoms with van der Waals surface area (Å²) in [6, 6.07) is 15.3. The topological polar surface area (TPSA) is 93.7 Å². The number of halogens is 2. The van der Waals surface area contributed by atoms with Crippen LogP contribution in [0.2, 0.25) is 10.0 Å². The lowest BCUT2D eigenvalue weighted by molar-refractivity contribution is -0.150. The van der Waals surface area contributed by atoms with E-state index in [4.69, 9.17) is 27.9 Å². The van der Waals surface area contributed by atoms with Gasteiger partial charge in [-0.25, -0.2) is 4.79 Å². The third-order valence-electron chi connectivity index (χ3n) is 4.59. The monoisotopic (exact) mass is 486 g/mol. The zero-order valence-electron chi connectivity index (χ0n) is 18.0. The Hall–Kier alpha value is -3.55. The number of para-hydroxylation sites is 1. The highest BCUT2D eigenvalue weighted by Crippen LogP contribution is 2.41. The van der Waals surface area contributed by atoms with Crippen LogP contribution in [-0.4, -0.2) is 24.9 Å². The van der Waals surface area contributed by atoms with Crippen LogP contribution in [-0.2, 0) is 14.3 Å². The molecule has 0 saturated heterocycles. The molecule has 0 fully saturated rings. The standard InChI is InChI=1S/C24H20Cl2N2O5/c1-13-9-15(22(29)27-16-7-5-4-6-8-16)10-14(2)20(13)33-21-18(25)11-17(12-19(21)26)28-23(30)24(31)32-3/h4-12H,1-3H3,(H,27,29)(H,28,30). The summed E-state index contributed by atoms with van der Waals surface area (Å²) < 4.78 is 10.3. The second-order valence-corrected chi connectivity index (χ2v) is 7.89. The maximum absolute atomic E-state index is 12.6. The van der Waals surface area contributed by atoms with Gasteiger partial charge in [-0.3, -0.25) is 9.59 Å². The van der Waals surface area contributed by atoms with Crippen molar-refractivity contribution >= 4 is 52.4 Å². The Bertz CT molecular complexity index is 1180. The van der Waals surface area contributed by atoms with Crippen LogP contribution >= 0.6 is 23.2 Å². The predicted octanol–water partition coefficient (Wildman–Crippen LogP) is 5.77. The van der Waals surface area contributed by atoms with Crippen LogP contribution in [0.4, 0.5) is 11.4 Å². The molecule has 3 aromatic carbocycles. The van der Waals surface area contributed by atoms with Gasteiger partial charge in [0, 0.05) is 16.9 Å². The number of anilines is 2. The number of aryl methyl sites for hydroxylation is 2. The minimum Gasteiger partial charge on any atom is -0.462 e. The Morgan fingerprint density at radius 2 is 1.36 bits per heavy atom. The van der Waals surface area contributed by atoms with Crippen molar-refractivity contribution in [3.63, 3.8) is 0 Å². The molecule has 0 aliphatic heterocycles. The van der Waals surface area contributed by atoms with Gasteiger partial charge in [0.2, 0.25) is 0 Å². The van der Waals surface area contributed by atoms with E-state index in [1.54, 1.807) is 38.1 Å². The van der Waals surface area contributed by atoms with Gasteiger partial charge in [-0.05, 0) is 61.4 Å². The molecular weight excluding hydrogens is 467 g/mol. The van der Waals surface area contributed by atoms with Crippen LogP contribution in [0.1, 0.15) is 21.5 Å². The first-order chi connectivity index (χ1) is 15.7. The van der Waals surface area contributed by atoms with E-state index in [0.29, 0.717) is 28.1 Å². The minimum absolute atomic E-state index is 0.118. The van der Waals surface area contributed by atoms with Gasteiger partial charge in [0.25, 0.3) is 5.91 Å². The molecule has 0 unspecified atom stereocenters. The fourth-order valence-corrected chi connectivity index (χ4v) is 3.64. The molecule has 0 bridgehead atoms. The number of rotatable bonds is 5. The van der Waals surface area contributed by atoms with E-state index in [-0.39, 0.29) is 27.4 Å². The van der Waals surface area contributed by atoms with E-state index in [0.717, 1.165) is 7.11 Å². The second kappa shape index (κ2) is 10.4. The first-order valence-electron chi connectivity index (χ1n) is 9.73.